The molecule has 0 saturated heterocycles. The van der Waals surface area contributed by atoms with Crippen LogP contribution in [0, 0.1) is 23.2 Å². The zero-order valence-corrected chi connectivity index (χ0v) is 7.28. The second-order valence-electron chi connectivity index (χ2n) is 2.63. The molecule has 0 spiro atoms. The fourth-order valence-corrected chi connectivity index (χ4v) is 0.816. The van der Waals surface area contributed by atoms with Gasteiger partial charge in [0.25, 0.3) is 0 Å². The van der Waals surface area contributed by atoms with Gasteiger partial charge in [0.1, 0.15) is 6.10 Å². The third-order valence-corrected chi connectivity index (χ3v) is 1.44. The van der Waals surface area contributed by atoms with Crippen LogP contribution in [0.1, 0.15) is 18.1 Å². The van der Waals surface area contributed by atoms with Crippen molar-refractivity contribution in [2.45, 2.75) is 13.0 Å². The molecule has 0 aliphatic heterocycles. The van der Waals surface area contributed by atoms with E-state index in [2.05, 4.69) is 11.8 Å². The summed E-state index contributed by atoms with van der Waals surface area (Å²) in [5.41, 5.74) is 1.42. The van der Waals surface area contributed by atoms with Crippen molar-refractivity contribution in [1.82, 2.24) is 0 Å². The van der Waals surface area contributed by atoms with E-state index in [1.165, 1.54) is 0 Å². The van der Waals surface area contributed by atoms with Crippen LogP contribution in [0.5, 0.6) is 0 Å². The first-order valence-corrected chi connectivity index (χ1v) is 3.92. The summed E-state index contributed by atoms with van der Waals surface area (Å²) in [6.45, 7) is 1.61. The van der Waals surface area contributed by atoms with E-state index < -0.39 is 6.10 Å². The van der Waals surface area contributed by atoms with Crippen molar-refractivity contribution in [3.05, 3.63) is 35.4 Å². The van der Waals surface area contributed by atoms with E-state index >= 15 is 0 Å². The van der Waals surface area contributed by atoms with Crippen LogP contribution in [0.15, 0.2) is 24.3 Å². The van der Waals surface area contributed by atoms with Gasteiger partial charge in [-0.15, -0.1) is 0 Å². The number of nitriles is 1. The Morgan fingerprint density at radius 1 is 1.23 bits per heavy atom. The summed E-state index contributed by atoms with van der Waals surface area (Å²) >= 11 is 0. The van der Waals surface area contributed by atoms with Gasteiger partial charge in [-0.1, -0.05) is 11.8 Å². The van der Waals surface area contributed by atoms with E-state index in [4.69, 9.17) is 10.4 Å². The minimum Gasteiger partial charge on any atom is -0.381 e. The highest BCUT2D eigenvalue weighted by atomic mass is 16.3. The molecule has 2 heteroatoms. The monoisotopic (exact) mass is 171 g/mol. The average molecular weight is 171 g/mol. The van der Waals surface area contributed by atoms with E-state index in [0.29, 0.717) is 5.56 Å². The number of benzene rings is 1. The molecule has 2 nitrogen and oxygen atoms in total. The molecule has 1 aromatic rings. The Morgan fingerprint density at radius 2 is 1.77 bits per heavy atom. The van der Waals surface area contributed by atoms with Crippen LogP contribution >= 0.6 is 0 Å². The molecule has 1 N–H and O–H groups in total. The molecule has 0 radical (unpaired) electrons. The molecule has 0 amide bonds. The van der Waals surface area contributed by atoms with Crippen LogP contribution in [-0.2, 0) is 0 Å². The number of aliphatic hydroxyl groups is 1. The molecule has 1 rings (SSSR count). The SMILES string of the molecule is CC(O)C#Cc1ccc(C#N)cc1. The van der Waals surface area contributed by atoms with Gasteiger partial charge in [-0.05, 0) is 31.2 Å². The Morgan fingerprint density at radius 3 is 2.23 bits per heavy atom. The first-order chi connectivity index (χ1) is 6.22. The fraction of sp³-hybridized carbons (Fsp3) is 0.182. The lowest BCUT2D eigenvalue weighted by Crippen LogP contribution is -1.92. The molecule has 0 heterocycles. The maximum absolute atomic E-state index is 8.89. The summed E-state index contributed by atoms with van der Waals surface area (Å²) in [4.78, 5) is 0. The molecule has 0 bridgehead atoms. The van der Waals surface area contributed by atoms with Crippen LogP contribution in [0.3, 0.4) is 0 Å². The minimum atomic E-state index is -0.615. The molecule has 0 fully saturated rings. The third kappa shape index (κ3) is 2.99. The third-order valence-electron chi connectivity index (χ3n) is 1.44. The summed E-state index contributed by atoms with van der Waals surface area (Å²) in [7, 11) is 0. The van der Waals surface area contributed by atoms with Gasteiger partial charge in [-0.2, -0.15) is 5.26 Å². The number of aliphatic hydroxyl groups excluding tert-OH is 1. The Labute approximate surface area is 77.4 Å². The second-order valence-corrected chi connectivity index (χ2v) is 2.63. The highest BCUT2D eigenvalue weighted by molar-refractivity contribution is 5.40. The lowest BCUT2D eigenvalue weighted by atomic mass is 10.1. The topological polar surface area (TPSA) is 44.0 Å². The van der Waals surface area contributed by atoms with Crippen molar-refractivity contribution in [2.75, 3.05) is 0 Å². The minimum absolute atomic E-state index is 0.614. The Kier molecular flexibility index (Phi) is 3.09. The van der Waals surface area contributed by atoms with Gasteiger partial charge in [-0.3, -0.25) is 0 Å². The van der Waals surface area contributed by atoms with E-state index in [9.17, 15) is 0 Å². The number of rotatable bonds is 0. The van der Waals surface area contributed by atoms with Crippen molar-refractivity contribution in [1.29, 1.82) is 5.26 Å². The number of hydrogen-bond donors (Lipinski definition) is 1. The molecule has 64 valence electrons. The summed E-state index contributed by atoms with van der Waals surface area (Å²) in [5.74, 6) is 5.41. The van der Waals surface area contributed by atoms with Gasteiger partial charge in [0.2, 0.25) is 0 Å². The Bertz CT molecular complexity index is 373. The van der Waals surface area contributed by atoms with Crippen molar-refractivity contribution in [2.24, 2.45) is 0 Å². The van der Waals surface area contributed by atoms with Crippen LogP contribution in [0.25, 0.3) is 0 Å². The van der Waals surface area contributed by atoms with E-state index in [1.54, 1.807) is 31.2 Å². The molecule has 0 aliphatic carbocycles. The number of nitrogens with zero attached hydrogens (tertiary/aromatic N) is 1. The van der Waals surface area contributed by atoms with E-state index in [1.807, 2.05) is 6.07 Å². The molecule has 0 aliphatic rings. The van der Waals surface area contributed by atoms with Gasteiger partial charge in [-0.25, -0.2) is 0 Å². The molecule has 0 aromatic heterocycles. The van der Waals surface area contributed by atoms with Crippen LogP contribution < -0.4 is 0 Å². The largest absolute Gasteiger partial charge is 0.381 e. The fourth-order valence-electron chi connectivity index (χ4n) is 0.816. The highest BCUT2D eigenvalue weighted by Gasteiger charge is 1.89. The molecule has 1 unspecified atom stereocenters. The maximum Gasteiger partial charge on any atom is 0.112 e. The molecular weight excluding hydrogens is 162 g/mol. The van der Waals surface area contributed by atoms with Crippen molar-refractivity contribution < 1.29 is 5.11 Å². The summed E-state index contributed by atoms with van der Waals surface area (Å²) in [6, 6.07) is 8.94. The summed E-state index contributed by atoms with van der Waals surface area (Å²) in [6.07, 6.45) is -0.615. The predicted molar refractivity (Wildman–Crippen MR) is 49.7 cm³/mol. The standard InChI is InChI=1S/C11H9NO/c1-9(13)2-3-10-4-6-11(8-12)7-5-10/h4-7,9,13H,1H3. The van der Waals surface area contributed by atoms with Gasteiger partial charge in [0.15, 0.2) is 0 Å². The zero-order chi connectivity index (χ0) is 9.68. The molecular formula is C11H9NO. The number of hydrogen-bond acceptors (Lipinski definition) is 2. The smallest absolute Gasteiger partial charge is 0.112 e. The maximum atomic E-state index is 8.89. The Hall–Kier alpha value is -1.77. The van der Waals surface area contributed by atoms with E-state index in [0.717, 1.165) is 5.56 Å². The van der Waals surface area contributed by atoms with E-state index in [-0.39, 0.29) is 0 Å². The van der Waals surface area contributed by atoms with Crippen LogP contribution in [-0.4, -0.2) is 11.2 Å². The average Bonchev–Trinajstić information content (AvgIpc) is 2.15. The van der Waals surface area contributed by atoms with Crippen molar-refractivity contribution in [3.63, 3.8) is 0 Å². The first kappa shape index (κ1) is 9.32. The summed E-state index contributed by atoms with van der Waals surface area (Å²) < 4.78 is 0. The lowest BCUT2D eigenvalue weighted by molar-refractivity contribution is 0.253. The summed E-state index contributed by atoms with van der Waals surface area (Å²) in [5, 5.41) is 17.4. The Balaban J connectivity index is 2.84. The molecule has 1 atom stereocenters. The van der Waals surface area contributed by atoms with Crippen molar-refractivity contribution >= 4 is 0 Å². The van der Waals surface area contributed by atoms with Gasteiger partial charge in [0, 0.05) is 5.56 Å². The van der Waals surface area contributed by atoms with Crippen LogP contribution in [0.2, 0.25) is 0 Å². The second kappa shape index (κ2) is 4.30. The predicted octanol–water partition coefficient (Wildman–Crippen LogP) is 1.29. The van der Waals surface area contributed by atoms with Gasteiger partial charge in [0.05, 0.1) is 11.6 Å². The van der Waals surface area contributed by atoms with Gasteiger partial charge < -0.3 is 5.11 Å². The first-order valence-electron chi connectivity index (χ1n) is 3.92. The molecule has 13 heavy (non-hydrogen) atoms. The zero-order valence-electron chi connectivity index (χ0n) is 7.28. The van der Waals surface area contributed by atoms with Crippen LogP contribution in [0.4, 0.5) is 0 Å². The normalized spacial score (nSPS) is 10.8. The lowest BCUT2D eigenvalue weighted by Gasteiger charge is -1.91. The van der Waals surface area contributed by atoms with Crippen molar-refractivity contribution in [3.8, 4) is 17.9 Å². The molecule has 1 aromatic carbocycles. The quantitative estimate of drug-likeness (QED) is 0.598. The van der Waals surface area contributed by atoms with Gasteiger partial charge >= 0.3 is 0 Å². The highest BCUT2D eigenvalue weighted by Crippen LogP contribution is 2.01. The molecule has 0 saturated carbocycles.